The zero-order chi connectivity index (χ0) is 28.1. The van der Waals surface area contributed by atoms with Gasteiger partial charge >= 0.3 is 0 Å². The quantitative estimate of drug-likeness (QED) is 0.217. The third-order valence-electron chi connectivity index (χ3n) is 6.58. The molecule has 1 saturated heterocycles. The van der Waals surface area contributed by atoms with Crippen LogP contribution in [0.1, 0.15) is 42.1 Å². The predicted molar refractivity (Wildman–Crippen MR) is 152 cm³/mol. The van der Waals surface area contributed by atoms with E-state index < -0.39 is 17.7 Å². The standard InChI is InChI=1S/C32H36N2O5/c1-21(2)39-26-14-11-24(12-15-26)29-28(31(36)32(37)34(29)18-17-33(4)5)30(35)25-13-16-27(22(3)19-25)38-20-23-9-7-6-8-10-23/h6-16,19,21,29,35H,17-18,20H2,1-5H3/b30-28-. The molecule has 7 heteroatoms. The summed E-state index contributed by atoms with van der Waals surface area (Å²) in [6.45, 7) is 7.12. The summed E-state index contributed by atoms with van der Waals surface area (Å²) in [7, 11) is 3.82. The second kappa shape index (κ2) is 12.2. The number of hydrogen-bond donors (Lipinski definition) is 1. The van der Waals surface area contributed by atoms with Crippen molar-refractivity contribution in [2.45, 2.75) is 39.5 Å². The highest BCUT2D eigenvalue weighted by Crippen LogP contribution is 2.40. The Balaban J connectivity index is 1.69. The van der Waals surface area contributed by atoms with Gasteiger partial charge in [0.25, 0.3) is 11.7 Å². The van der Waals surface area contributed by atoms with Gasteiger partial charge in [-0.05, 0) is 81.9 Å². The molecule has 7 nitrogen and oxygen atoms in total. The van der Waals surface area contributed by atoms with Crippen LogP contribution >= 0.6 is 0 Å². The summed E-state index contributed by atoms with van der Waals surface area (Å²) < 4.78 is 11.7. The number of aryl methyl sites for hydroxylation is 1. The summed E-state index contributed by atoms with van der Waals surface area (Å²) in [5, 5.41) is 11.4. The number of amides is 1. The van der Waals surface area contributed by atoms with Gasteiger partial charge in [-0.25, -0.2) is 0 Å². The lowest BCUT2D eigenvalue weighted by Crippen LogP contribution is -2.35. The van der Waals surface area contributed by atoms with E-state index >= 15 is 0 Å². The fourth-order valence-corrected chi connectivity index (χ4v) is 4.62. The number of likely N-dealkylation sites (N-methyl/N-ethyl adjacent to an activating group) is 1. The molecular weight excluding hydrogens is 492 g/mol. The van der Waals surface area contributed by atoms with Crippen molar-refractivity contribution < 1.29 is 24.2 Å². The largest absolute Gasteiger partial charge is 0.507 e. The topological polar surface area (TPSA) is 79.3 Å². The fourth-order valence-electron chi connectivity index (χ4n) is 4.62. The van der Waals surface area contributed by atoms with Gasteiger partial charge < -0.3 is 24.4 Å². The number of benzene rings is 3. The van der Waals surface area contributed by atoms with E-state index in [-0.39, 0.29) is 17.4 Å². The van der Waals surface area contributed by atoms with Crippen LogP contribution in [0.2, 0.25) is 0 Å². The molecular formula is C32H36N2O5. The molecule has 39 heavy (non-hydrogen) atoms. The molecule has 1 atom stereocenters. The van der Waals surface area contributed by atoms with Crippen LogP contribution in [0.3, 0.4) is 0 Å². The first kappa shape index (κ1) is 27.9. The molecule has 1 N–H and O–H groups in total. The summed E-state index contributed by atoms with van der Waals surface area (Å²) in [5.41, 5.74) is 3.11. The molecule has 0 radical (unpaired) electrons. The average Bonchev–Trinajstić information content (AvgIpc) is 3.16. The smallest absolute Gasteiger partial charge is 0.295 e. The SMILES string of the molecule is Cc1cc(/C(O)=C2/C(=O)C(=O)N(CCN(C)C)C2c2ccc(OC(C)C)cc2)ccc1OCc1ccccc1. The Hall–Kier alpha value is -4.10. The van der Waals surface area contributed by atoms with Crippen molar-refractivity contribution in [1.82, 2.24) is 9.80 Å². The van der Waals surface area contributed by atoms with Crippen LogP contribution in [0.15, 0.2) is 78.4 Å². The molecule has 3 aromatic carbocycles. The number of aliphatic hydroxyl groups excluding tert-OH is 1. The normalized spacial score (nSPS) is 16.8. The summed E-state index contributed by atoms with van der Waals surface area (Å²) in [4.78, 5) is 30.0. The third kappa shape index (κ3) is 6.49. The van der Waals surface area contributed by atoms with Crippen molar-refractivity contribution in [1.29, 1.82) is 0 Å². The maximum atomic E-state index is 13.3. The zero-order valence-corrected chi connectivity index (χ0v) is 23.2. The van der Waals surface area contributed by atoms with E-state index in [1.54, 1.807) is 18.2 Å². The highest BCUT2D eigenvalue weighted by molar-refractivity contribution is 6.46. The molecule has 0 aromatic heterocycles. The number of carbonyl (C=O) groups excluding carboxylic acids is 2. The van der Waals surface area contributed by atoms with Crippen molar-refractivity contribution in [3.63, 3.8) is 0 Å². The summed E-state index contributed by atoms with van der Waals surface area (Å²) in [5.74, 6) is -0.142. The van der Waals surface area contributed by atoms with Crippen LogP contribution in [0.4, 0.5) is 0 Å². The molecule has 0 spiro atoms. The highest BCUT2D eigenvalue weighted by Gasteiger charge is 2.45. The lowest BCUT2D eigenvalue weighted by molar-refractivity contribution is -0.140. The maximum Gasteiger partial charge on any atom is 0.295 e. The Labute approximate surface area is 230 Å². The third-order valence-corrected chi connectivity index (χ3v) is 6.58. The fraction of sp³-hybridized carbons (Fsp3) is 0.312. The molecule has 0 aliphatic carbocycles. The van der Waals surface area contributed by atoms with Gasteiger partial charge in [0.2, 0.25) is 0 Å². The lowest BCUT2D eigenvalue weighted by atomic mass is 9.94. The second-order valence-corrected chi connectivity index (χ2v) is 10.3. The summed E-state index contributed by atoms with van der Waals surface area (Å²) in [6.07, 6.45) is 0.0180. The van der Waals surface area contributed by atoms with Gasteiger partial charge in [0.1, 0.15) is 23.9 Å². The van der Waals surface area contributed by atoms with E-state index in [0.717, 1.165) is 16.7 Å². The second-order valence-electron chi connectivity index (χ2n) is 10.3. The van der Waals surface area contributed by atoms with Gasteiger partial charge in [0.05, 0.1) is 17.7 Å². The minimum Gasteiger partial charge on any atom is -0.507 e. The molecule has 1 aliphatic heterocycles. The summed E-state index contributed by atoms with van der Waals surface area (Å²) >= 11 is 0. The Bertz CT molecular complexity index is 1350. The number of carbonyl (C=O) groups is 2. The summed E-state index contributed by atoms with van der Waals surface area (Å²) in [6, 6.07) is 21.8. The minimum absolute atomic E-state index is 0.0180. The molecule has 1 fully saturated rings. The Morgan fingerprint density at radius 2 is 1.69 bits per heavy atom. The Morgan fingerprint density at radius 3 is 2.31 bits per heavy atom. The van der Waals surface area contributed by atoms with Crippen LogP contribution in [0.25, 0.3) is 5.76 Å². The van der Waals surface area contributed by atoms with Crippen molar-refractivity contribution in [2.75, 3.05) is 27.2 Å². The molecule has 1 amide bonds. The van der Waals surface area contributed by atoms with E-state index in [0.29, 0.717) is 36.8 Å². The van der Waals surface area contributed by atoms with Crippen LogP contribution in [-0.4, -0.2) is 59.9 Å². The minimum atomic E-state index is -0.715. The number of ether oxygens (including phenoxy) is 2. The van der Waals surface area contributed by atoms with Gasteiger partial charge in [-0.15, -0.1) is 0 Å². The number of rotatable bonds is 10. The van der Waals surface area contributed by atoms with E-state index in [2.05, 4.69) is 0 Å². The van der Waals surface area contributed by atoms with E-state index in [1.807, 2.05) is 94.4 Å². The Morgan fingerprint density at radius 1 is 1.00 bits per heavy atom. The zero-order valence-electron chi connectivity index (χ0n) is 23.2. The van der Waals surface area contributed by atoms with Gasteiger partial charge in [-0.1, -0.05) is 42.5 Å². The number of nitrogens with zero attached hydrogens (tertiary/aromatic N) is 2. The lowest BCUT2D eigenvalue weighted by Gasteiger charge is -2.26. The van der Waals surface area contributed by atoms with E-state index in [4.69, 9.17) is 9.47 Å². The van der Waals surface area contributed by atoms with Gasteiger partial charge in [0.15, 0.2) is 0 Å². The van der Waals surface area contributed by atoms with Crippen LogP contribution in [0.5, 0.6) is 11.5 Å². The molecule has 0 saturated carbocycles. The molecule has 204 valence electrons. The number of aliphatic hydroxyl groups is 1. The average molecular weight is 529 g/mol. The van der Waals surface area contributed by atoms with Crippen LogP contribution in [-0.2, 0) is 16.2 Å². The van der Waals surface area contributed by atoms with Crippen molar-refractivity contribution in [2.24, 2.45) is 0 Å². The van der Waals surface area contributed by atoms with Crippen LogP contribution < -0.4 is 9.47 Å². The van der Waals surface area contributed by atoms with Gasteiger partial charge in [-0.3, -0.25) is 9.59 Å². The Kier molecular flexibility index (Phi) is 8.72. The first-order chi connectivity index (χ1) is 18.7. The van der Waals surface area contributed by atoms with Crippen LogP contribution in [0, 0.1) is 6.92 Å². The molecule has 3 aromatic rings. The van der Waals surface area contributed by atoms with Crippen molar-refractivity contribution in [3.8, 4) is 11.5 Å². The number of Topliss-reactive ketones (excluding diaryl/α,β-unsaturated/α-hetero) is 1. The first-order valence-corrected chi connectivity index (χ1v) is 13.1. The van der Waals surface area contributed by atoms with Gasteiger partial charge in [0, 0.05) is 18.7 Å². The monoisotopic (exact) mass is 528 g/mol. The molecule has 1 aliphatic rings. The number of hydrogen-bond acceptors (Lipinski definition) is 6. The van der Waals surface area contributed by atoms with Crippen molar-refractivity contribution >= 4 is 17.4 Å². The molecule has 1 heterocycles. The number of likely N-dealkylation sites (tertiary alicyclic amines) is 1. The predicted octanol–water partition coefficient (Wildman–Crippen LogP) is 5.34. The van der Waals surface area contributed by atoms with E-state index in [1.165, 1.54) is 4.90 Å². The first-order valence-electron chi connectivity index (χ1n) is 13.1. The van der Waals surface area contributed by atoms with Gasteiger partial charge in [-0.2, -0.15) is 0 Å². The highest BCUT2D eigenvalue weighted by atomic mass is 16.5. The molecule has 4 rings (SSSR count). The maximum absolute atomic E-state index is 13.3. The van der Waals surface area contributed by atoms with Crippen molar-refractivity contribution in [3.05, 3.63) is 101 Å². The molecule has 0 bridgehead atoms. The molecule has 1 unspecified atom stereocenters. The number of ketones is 1. The van der Waals surface area contributed by atoms with E-state index in [9.17, 15) is 14.7 Å².